The molecule has 0 spiro atoms. The van der Waals surface area contributed by atoms with Crippen LogP contribution >= 0.6 is 22.9 Å². The Bertz CT molecular complexity index is 682. The summed E-state index contributed by atoms with van der Waals surface area (Å²) >= 11 is 7.56. The maximum atomic E-state index is 5.99. The number of nitrogens with one attached hydrogen (secondary N) is 1. The zero-order valence-electron chi connectivity index (χ0n) is 9.88. The molecular weight excluding hydrogens is 278 g/mol. The van der Waals surface area contributed by atoms with Gasteiger partial charge in [-0.1, -0.05) is 41.1 Å². The molecule has 0 saturated carbocycles. The summed E-state index contributed by atoms with van der Waals surface area (Å²) in [5, 5.41) is 4.71. The van der Waals surface area contributed by atoms with Crippen molar-refractivity contribution in [3.05, 3.63) is 59.9 Å². The quantitative estimate of drug-likeness (QED) is 0.765. The van der Waals surface area contributed by atoms with Gasteiger partial charge in [0, 0.05) is 17.4 Å². The van der Waals surface area contributed by atoms with Crippen molar-refractivity contribution in [2.24, 2.45) is 0 Å². The van der Waals surface area contributed by atoms with Gasteiger partial charge in [0.25, 0.3) is 0 Å². The van der Waals surface area contributed by atoms with Crippen molar-refractivity contribution in [1.82, 2.24) is 9.97 Å². The molecule has 0 bridgehead atoms. The summed E-state index contributed by atoms with van der Waals surface area (Å²) in [6.45, 7) is 0. The molecule has 19 heavy (non-hydrogen) atoms. The first-order valence-electron chi connectivity index (χ1n) is 5.71. The maximum absolute atomic E-state index is 5.99. The van der Waals surface area contributed by atoms with Gasteiger partial charge in [-0.05, 0) is 29.8 Å². The van der Waals surface area contributed by atoms with E-state index in [0.29, 0.717) is 0 Å². The van der Waals surface area contributed by atoms with Crippen molar-refractivity contribution in [3.8, 4) is 10.4 Å². The van der Waals surface area contributed by atoms with E-state index in [-0.39, 0.29) is 0 Å². The Morgan fingerprint density at radius 2 is 2.00 bits per heavy atom. The standard InChI is InChI=1S/C14H10ClN3S/c15-11-5-3-4-10(8-11)12-9-17-14(19-12)18-13-6-1-2-7-16-13/h1-9H,(H,16,17,18). The van der Waals surface area contributed by atoms with E-state index < -0.39 is 0 Å². The van der Waals surface area contributed by atoms with Crippen LogP contribution in [0.4, 0.5) is 10.9 Å². The molecule has 0 aliphatic heterocycles. The monoisotopic (exact) mass is 287 g/mol. The number of pyridine rings is 1. The number of halogens is 1. The first-order valence-corrected chi connectivity index (χ1v) is 6.90. The molecule has 3 aromatic rings. The van der Waals surface area contributed by atoms with E-state index >= 15 is 0 Å². The number of nitrogens with zero attached hydrogens (tertiary/aromatic N) is 2. The molecule has 0 aliphatic carbocycles. The lowest BCUT2D eigenvalue weighted by molar-refractivity contribution is 1.29. The van der Waals surface area contributed by atoms with Gasteiger partial charge in [0.15, 0.2) is 5.13 Å². The molecule has 3 nitrogen and oxygen atoms in total. The van der Waals surface area contributed by atoms with Gasteiger partial charge in [0.1, 0.15) is 5.82 Å². The largest absolute Gasteiger partial charge is 0.316 e. The topological polar surface area (TPSA) is 37.8 Å². The Hall–Kier alpha value is -1.91. The van der Waals surface area contributed by atoms with E-state index in [4.69, 9.17) is 11.6 Å². The molecule has 0 saturated heterocycles. The minimum atomic E-state index is 0.727. The van der Waals surface area contributed by atoms with Gasteiger partial charge in [-0.2, -0.15) is 0 Å². The van der Waals surface area contributed by atoms with Crippen LogP contribution in [-0.4, -0.2) is 9.97 Å². The number of anilines is 2. The summed E-state index contributed by atoms with van der Waals surface area (Å²) in [5.41, 5.74) is 1.07. The number of hydrogen-bond acceptors (Lipinski definition) is 4. The summed E-state index contributed by atoms with van der Waals surface area (Å²) < 4.78 is 0. The predicted molar refractivity (Wildman–Crippen MR) is 80.1 cm³/mol. The molecule has 0 fully saturated rings. The van der Waals surface area contributed by atoms with Gasteiger partial charge in [0.05, 0.1) is 4.88 Å². The summed E-state index contributed by atoms with van der Waals surface area (Å²) in [6, 6.07) is 13.5. The summed E-state index contributed by atoms with van der Waals surface area (Å²) in [6.07, 6.45) is 3.58. The van der Waals surface area contributed by atoms with Crippen LogP contribution in [0.25, 0.3) is 10.4 Å². The zero-order valence-corrected chi connectivity index (χ0v) is 11.4. The van der Waals surface area contributed by atoms with Gasteiger partial charge in [0.2, 0.25) is 0 Å². The molecule has 0 radical (unpaired) electrons. The second kappa shape index (κ2) is 5.38. The number of benzene rings is 1. The van der Waals surface area contributed by atoms with Crippen molar-refractivity contribution in [2.75, 3.05) is 5.32 Å². The molecule has 2 aromatic heterocycles. The smallest absolute Gasteiger partial charge is 0.188 e. The van der Waals surface area contributed by atoms with Crippen LogP contribution < -0.4 is 5.32 Å². The zero-order chi connectivity index (χ0) is 13.1. The number of thiazole rings is 1. The number of rotatable bonds is 3. The van der Waals surface area contributed by atoms with E-state index in [0.717, 1.165) is 26.4 Å². The van der Waals surface area contributed by atoms with Crippen LogP contribution in [0, 0.1) is 0 Å². The SMILES string of the molecule is Clc1cccc(-c2cnc(Nc3ccccn3)s2)c1. The normalized spacial score (nSPS) is 10.4. The van der Waals surface area contributed by atoms with Gasteiger partial charge >= 0.3 is 0 Å². The molecule has 0 unspecified atom stereocenters. The van der Waals surface area contributed by atoms with Crippen LogP contribution in [0.2, 0.25) is 5.02 Å². The third-order valence-electron chi connectivity index (χ3n) is 2.51. The Labute approximate surface area is 119 Å². The molecule has 0 aliphatic rings. The number of hydrogen-bond donors (Lipinski definition) is 1. The van der Waals surface area contributed by atoms with Crippen LogP contribution in [0.15, 0.2) is 54.9 Å². The highest BCUT2D eigenvalue weighted by Crippen LogP contribution is 2.31. The molecule has 1 aromatic carbocycles. The van der Waals surface area contributed by atoms with Crippen LogP contribution in [0.3, 0.4) is 0 Å². The van der Waals surface area contributed by atoms with Crippen molar-refractivity contribution >= 4 is 33.9 Å². The lowest BCUT2D eigenvalue weighted by Gasteiger charge is -1.99. The highest BCUT2D eigenvalue weighted by atomic mass is 35.5. The molecule has 0 amide bonds. The Balaban J connectivity index is 1.84. The van der Waals surface area contributed by atoms with Gasteiger partial charge in [-0.3, -0.25) is 0 Å². The summed E-state index contributed by atoms with van der Waals surface area (Å²) in [5.74, 6) is 0.787. The average molecular weight is 288 g/mol. The predicted octanol–water partition coefficient (Wildman–Crippen LogP) is 4.60. The Morgan fingerprint density at radius 1 is 1.05 bits per heavy atom. The van der Waals surface area contributed by atoms with E-state index in [1.807, 2.05) is 48.7 Å². The molecular formula is C14H10ClN3S. The van der Waals surface area contributed by atoms with E-state index in [1.165, 1.54) is 0 Å². The van der Waals surface area contributed by atoms with Gasteiger partial charge in [-0.15, -0.1) is 0 Å². The molecule has 5 heteroatoms. The van der Waals surface area contributed by atoms with E-state index in [9.17, 15) is 0 Å². The van der Waals surface area contributed by atoms with Crippen molar-refractivity contribution in [1.29, 1.82) is 0 Å². The summed E-state index contributed by atoms with van der Waals surface area (Å²) in [4.78, 5) is 9.62. The minimum absolute atomic E-state index is 0.727. The minimum Gasteiger partial charge on any atom is -0.316 e. The fourth-order valence-corrected chi connectivity index (χ4v) is 2.66. The fourth-order valence-electron chi connectivity index (χ4n) is 1.65. The molecule has 0 atom stereocenters. The molecule has 1 N–H and O–H groups in total. The fraction of sp³-hybridized carbons (Fsp3) is 0. The first kappa shape index (κ1) is 12.1. The van der Waals surface area contributed by atoms with Gasteiger partial charge in [-0.25, -0.2) is 9.97 Å². The lowest BCUT2D eigenvalue weighted by atomic mass is 10.2. The van der Waals surface area contributed by atoms with Crippen molar-refractivity contribution < 1.29 is 0 Å². The first-order chi connectivity index (χ1) is 9.31. The summed E-state index contributed by atoms with van der Waals surface area (Å²) in [7, 11) is 0. The number of aromatic nitrogens is 2. The lowest BCUT2D eigenvalue weighted by Crippen LogP contribution is -1.90. The Morgan fingerprint density at radius 3 is 2.79 bits per heavy atom. The highest BCUT2D eigenvalue weighted by Gasteiger charge is 2.05. The van der Waals surface area contributed by atoms with Crippen LogP contribution in [0.5, 0.6) is 0 Å². The second-order valence-electron chi connectivity index (χ2n) is 3.88. The molecule has 3 rings (SSSR count). The molecule has 94 valence electrons. The average Bonchev–Trinajstić information content (AvgIpc) is 2.88. The second-order valence-corrected chi connectivity index (χ2v) is 5.35. The van der Waals surface area contributed by atoms with Crippen molar-refractivity contribution in [3.63, 3.8) is 0 Å². The van der Waals surface area contributed by atoms with E-state index in [2.05, 4.69) is 15.3 Å². The maximum Gasteiger partial charge on any atom is 0.188 e. The van der Waals surface area contributed by atoms with E-state index in [1.54, 1.807) is 17.5 Å². The van der Waals surface area contributed by atoms with Gasteiger partial charge < -0.3 is 5.32 Å². The van der Waals surface area contributed by atoms with Crippen LogP contribution in [-0.2, 0) is 0 Å². The van der Waals surface area contributed by atoms with Crippen molar-refractivity contribution in [2.45, 2.75) is 0 Å². The molecule has 2 heterocycles. The third kappa shape index (κ3) is 2.92. The third-order valence-corrected chi connectivity index (χ3v) is 3.71. The highest BCUT2D eigenvalue weighted by molar-refractivity contribution is 7.18. The Kier molecular flexibility index (Phi) is 3.44. The van der Waals surface area contributed by atoms with Crippen LogP contribution in [0.1, 0.15) is 0 Å².